The van der Waals surface area contributed by atoms with E-state index in [4.69, 9.17) is 30.5 Å². The van der Waals surface area contributed by atoms with Crippen molar-refractivity contribution in [1.29, 1.82) is 0 Å². The van der Waals surface area contributed by atoms with Gasteiger partial charge in [-0.2, -0.15) is 0 Å². The van der Waals surface area contributed by atoms with Crippen molar-refractivity contribution in [1.82, 2.24) is 10.2 Å². The molecule has 39 heavy (non-hydrogen) atoms. The SMILES string of the molecule is CCOC(=O)C1=C(COCCN(C)CCOCc2ccccc2)NC(C)=C(C(=O)OC)C1c1ccccc1Cl. The van der Waals surface area contributed by atoms with Crippen molar-refractivity contribution in [2.75, 3.05) is 53.7 Å². The van der Waals surface area contributed by atoms with Crippen molar-refractivity contribution in [3.05, 3.63) is 93.3 Å². The first-order valence-electron chi connectivity index (χ1n) is 13.0. The summed E-state index contributed by atoms with van der Waals surface area (Å²) in [5.74, 6) is -1.87. The van der Waals surface area contributed by atoms with Crippen LogP contribution in [0.5, 0.6) is 0 Å². The highest BCUT2D eigenvalue weighted by molar-refractivity contribution is 6.31. The van der Waals surface area contributed by atoms with Gasteiger partial charge in [0, 0.05) is 23.8 Å². The molecule has 0 bridgehead atoms. The maximum atomic E-state index is 13.2. The Morgan fingerprint density at radius 3 is 2.21 bits per heavy atom. The number of halogens is 1. The average molecular weight is 557 g/mol. The smallest absolute Gasteiger partial charge is 0.336 e. The Bertz CT molecular complexity index is 1180. The van der Waals surface area contributed by atoms with Gasteiger partial charge in [-0.25, -0.2) is 9.59 Å². The van der Waals surface area contributed by atoms with Crippen LogP contribution in [0.2, 0.25) is 5.02 Å². The van der Waals surface area contributed by atoms with E-state index in [0.29, 0.717) is 53.9 Å². The summed E-state index contributed by atoms with van der Waals surface area (Å²) in [6, 6.07) is 17.2. The van der Waals surface area contributed by atoms with Crippen LogP contribution in [0.25, 0.3) is 0 Å². The zero-order valence-corrected chi connectivity index (χ0v) is 23.8. The average Bonchev–Trinajstić information content (AvgIpc) is 2.93. The number of hydrogen-bond donors (Lipinski definition) is 1. The Morgan fingerprint density at radius 2 is 1.56 bits per heavy atom. The van der Waals surface area contributed by atoms with E-state index < -0.39 is 17.9 Å². The lowest BCUT2D eigenvalue weighted by Crippen LogP contribution is -2.35. The number of likely N-dealkylation sites (N-methyl/N-ethyl adjacent to an activating group) is 1. The summed E-state index contributed by atoms with van der Waals surface area (Å²) < 4.78 is 22.2. The van der Waals surface area contributed by atoms with Crippen molar-refractivity contribution in [3.8, 4) is 0 Å². The minimum atomic E-state index is -0.769. The third-order valence-electron chi connectivity index (χ3n) is 6.35. The molecule has 0 saturated heterocycles. The molecule has 8 nitrogen and oxygen atoms in total. The first kappa shape index (κ1) is 30.4. The van der Waals surface area contributed by atoms with Crippen LogP contribution in [0.15, 0.2) is 77.1 Å². The molecule has 0 radical (unpaired) electrons. The fourth-order valence-corrected chi connectivity index (χ4v) is 4.60. The van der Waals surface area contributed by atoms with E-state index in [9.17, 15) is 9.59 Å². The van der Waals surface area contributed by atoms with Gasteiger partial charge in [-0.3, -0.25) is 0 Å². The maximum Gasteiger partial charge on any atom is 0.336 e. The van der Waals surface area contributed by atoms with Crippen molar-refractivity contribution < 1.29 is 28.5 Å². The van der Waals surface area contributed by atoms with E-state index in [1.54, 1.807) is 32.0 Å². The predicted molar refractivity (Wildman–Crippen MR) is 150 cm³/mol. The molecule has 1 heterocycles. The third-order valence-corrected chi connectivity index (χ3v) is 6.70. The van der Waals surface area contributed by atoms with Gasteiger partial charge in [-0.05, 0) is 38.1 Å². The molecule has 0 spiro atoms. The van der Waals surface area contributed by atoms with Gasteiger partial charge in [-0.15, -0.1) is 0 Å². The molecule has 1 N–H and O–H groups in total. The van der Waals surface area contributed by atoms with E-state index in [1.807, 2.05) is 43.4 Å². The van der Waals surface area contributed by atoms with Crippen LogP contribution in [-0.2, 0) is 35.1 Å². The first-order chi connectivity index (χ1) is 18.9. The Morgan fingerprint density at radius 1 is 0.923 bits per heavy atom. The van der Waals surface area contributed by atoms with Crippen LogP contribution in [0, 0.1) is 0 Å². The van der Waals surface area contributed by atoms with E-state index in [1.165, 1.54) is 7.11 Å². The number of allylic oxidation sites excluding steroid dienone is 1. The molecule has 1 aliphatic rings. The number of dihydropyridines is 1. The van der Waals surface area contributed by atoms with Crippen LogP contribution in [-0.4, -0.2) is 70.5 Å². The molecule has 0 fully saturated rings. The minimum Gasteiger partial charge on any atom is -0.466 e. The van der Waals surface area contributed by atoms with Gasteiger partial charge in [0.15, 0.2) is 0 Å². The van der Waals surface area contributed by atoms with Crippen LogP contribution in [0.4, 0.5) is 0 Å². The zero-order chi connectivity index (χ0) is 28.2. The van der Waals surface area contributed by atoms with Gasteiger partial charge in [0.1, 0.15) is 0 Å². The molecule has 210 valence electrons. The van der Waals surface area contributed by atoms with E-state index in [0.717, 1.165) is 12.1 Å². The summed E-state index contributed by atoms with van der Waals surface area (Å²) in [6.07, 6.45) is 0. The Hall–Kier alpha value is -3.17. The fourth-order valence-electron chi connectivity index (χ4n) is 4.35. The van der Waals surface area contributed by atoms with Gasteiger partial charge in [0.2, 0.25) is 0 Å². The van der Waals surface area contributed by atoms with Gasteiger partial charge in [0.05, 0.1) is 62.9 Å². The molecule has 2 aromatic rings. The van der Waals surface area contributed by atoms with Crippen molar-refractivity contribution >= 4 is 23.5 Å². The normalized spacial score (nSPS) is 15.4. The topological polar surface area (TPSA) is 86.3 Å². The summed E-state index contributed by atoms with van der Waals surface area (Å²) >= 11 is 6.54. The highest BCUT2D eigenvalue weighted by atomic mass is 35.5. The van der Waals surface area contributed by atoms with Crippen molar-refractivity contribution in [2.24, 2.45) is 0 Å². The van der Waals surface area contributed by atoms with Crippen molar-refractivity contribution in [2.45, 2.75) is 26.4 Å². The minimum absolute atomic E-state index is 0.124. The van der Waals surface area contributed by atoms with Gasteiger partial charge in [0.25, 0.3) is 0 Å². The largest absolute Gasteiger partial charge is 0.466 e. The second-order valence-electron chi connectivity index (χ2n) is 9.12. The Labute approximate surface area is 235 Å². The Balaban J connectivity index is 1.69. The highest BCUT2D eigenvalue weighted by Crippen LogP contribution is 2.41. The Kier molecular flexibility index (Phi) is 12.0. The summed E-state index contributed by atoms with van der Waals surface area (Å²) in [5, 5.41) is 3.62. The molecule has 0 aliphatic carbocycles. The highest BCUT2D eigenvalue weighted by Gasteiger charge is 2.39. The molecular weight excluding hydrogens is 520 g/mol. The first-order valence-corrected chi connectivity index (χ1v) is 13.3. The second-order valence-corrected chi connectivity index (χ2v) is 9.52. The van der Waals surface area contributed by atoms with Crippen LogP contribution in [0.1, 0.15) is 30.9 Å². The van der Waals surface area contributed by atoms with Crippen LogP contribution >= 0.6 is 11.6 Å². The predicted octanol–water partition coefficient (Wildman–Crippen LogP) is 4.46. The molecule has 2 aromatic carbocycles. The van der Waals surface area contributed by atoms with Gasteiger partial charge in [-0.1, -0.05) is 60.1 Å². The monoisotopic (exact) mass is 556 g/mol. The molecule has 9 heteroatoms. The number of esters is 2. The molecule has 0 saturated carbocycles. The number of nitrogens with zero attached hydrogens (tertiary/aromatic N) is 1. The molecule has 0 aromatic heterocycles. The molecule has 1 atom stereocenters. The summed E-state index contributed by atoms with van der Waals surface area (Å²) in [5.41, 5.74) is 3.41. The second kappa shape index (κ2) is 15.4. The van der Waals surface area contributed by atoms with Gasteiger partial charge >= 0.3 is 11.9 Å². The molecule has 3 rings (SSSR count). The lowest BCUT2D eigenvalue weighted by atomic mass is 9.80. The number of benzene rings is 2. The standard InChI is InChI=1S/C30H37ClN2O6/c1-5-39-30(35)28-25(20-38-18-16-33(3)15-17-37-19-22-11-7-6-8-12-22)32-21(2)26(29(34)36-4)27(28)23-13-9-10-14-24(23)31/h6-14,27,32H,5,15-20H2,1-4H3. The fraction of sp³-hybridized carbons (Fsp3) is 0.400. The van der Waals surface area contributed by atoms with Crippen molar-refractivity contribution in [3.63, 3.8) is 0 Å². The molecule has 0 amide bonds. The lowest BCUT2D eigenvalue weighted by Gasteiger charge is -2.31. The lowest BCUT2D eigenvalue weighted by molar-refractivity contribution is -0.139. The summed E-state index contributed by atoms with van der Waals surface area (Å²) in [7, 11) is 3.31. The zero-order valence-electron chi connectivity index (χ0n) is 23.0. The molecule has 1 aliphatic heterocycles. The molecular formula is C30H37ClN2O6. The third kappa shape index (κ3) is 8.41. The number of hydrogen-bond acceptors (Lipinski definition) is 8. The van der Waals surface area contributed by atoms with E-state index in [-0.39, 0.29) is 18.8 Å². The van der Waals surface area contributed by atoms with E-state index in [2.05, 4.69) is 10.2 Å². The number of rotatable bonds is 14. The van der Waals surface area contributed by atoms with E-state index >= 15 is 0 Å². The summed E-state index contributed by atoms with van der Waals surface area (Å²) in [6.45, 7) is 6.84. The number of nitrogens with one attached hydrogen (secondary N) is 1. The van der Waals surface area contributed by atoms with Crippen LogP contribution < -0.4 is 5.32 Å². The number of carbonyl (C=O) groups excluding carboxylic acids is 2. The quantitative estimate of drug-likeness (QED) is 0.270. The summed E-state index contributed by atoms with van der Waals surface area (Å²) in [4.78, 5) is 28.2. The number of ether oxygens (including phenoxy) is 4. The van der Waals surface area contributed by atoms with Gasteiger partial charge < -0.3 is 29.2 Å². The van der Waals surface area contributed by atoms with Crippen LogP contribution in [0.3, 0.4) is 0 Å². The maximum absolute atomic E-state index is 13.2. The molecule has 1 unspecified atom stereocenters. The number of carbonyl (C=O) groups is 2. The number of methoxy groups -OCH3 is 1.